The van der Waals surface area contributed by atoms with E-state index in [2.05, 4.69) is 27.8 Å². The molecule has 2 rings (SSSR count). The Hall–Kier alpha value is -1.62. The van der Waals surface area contributed by atoms with Gasteiger partial charge in [0.15, 0.2) is 0 Å². The normalized spacial score (nSPS) is 18.5. The average molecular weight is 323 g/mol. The Labute approximate surface area is 120 Å². The maximum absolute atomic E-state index is 11.8. The number of carbonyl (C=O) groups is 2. The van der Waals surface area contributed by atoms with Crippen LogP contribution in [-0.4, -0.2) is 29.7 Å². The molecule has 1 aromatic carbocycles. The molecule has 1 atom stereocenters. The van der Waals surface area contributed by atoms with E-state index in [-0.39, 0.29) is 16.6 Å². The first-order chi connectivity index (χ1) is 9.11. The quantitative estimate of drug-likeness (QED) is 0.681. The van der Waals surface area contributed by atoms with Crippen LogP contribution in [0.1, 0.15) is 16.8 Å². The van der Waals surface area contributed by atoms with Gasteiger partial charge in [-0.1, -0.05) is 22.0 Å². The van der Waals surface area contributed by atoms with Crippen LogP contribution in [0.4, 0.5) is 5.69 Å². The molecule has 1 fully saturated rings. The van der Waals surface area contributed by atoms with Gasteiger partial charge in [0, 0.05) is 35.6 Å². The Balaban J connectivity index is 2.08. The number of anilines is 1. The van der Waals surface area contributed by atoms with Gasteiger partial charge in [-0.3, -0.25) is 9.59 Å². The highest BCUT2D eigenvalue weighted by atomic mass is 79.9. The van der Waals surface area contributed by atoms with Crippen LogP contribution < -0.4 is 10.2 Å². The fourth-order valence-electron chi connectivity index (χ4n) is 1.97. The van der Waals surface area contributed by atoms with E-state index in [1.165, 1.54) is 0 Å². The zero-order valence-corrected chi connectivity index (χ0v) is 12.0. The fraction of sp³-hybridized carbons (Fsp3) is 0.286. The van der Waals surface area contributed by atoms with Crippen molar-refractivity contribution in [2.75, 3.05) is 18.0 Å². The summed E-state index contributed by atoms with van der Waals surface area (Å²) in [6.45, 7) is 4.65. The van der Waals surface area contributed by atoms with Gasteiger partial charge in [-0.25, -0.2) is 0 Å². The Morgan fingerprint density at radius 3 is 2.68 bits per heavy atom. The number of rotatable bonds is 4. The summed E-state index contributed by atoms with van der Waals surface area (Å²) >= 11 is 3.45. The SMILES string of the molecule is C=CCNC(=O)c1ccc(N2CC(Br)CC2=O)cc1. The maximum Gasteiger partial charge on any atom is 0.251 e. The van der Waals surface area contributed by atoms with Crippen LogP contribution in [0.25, 0.3) is 0 Å². The predicted octanol–water partition coefficient (Wildman–Crippen LogP) is 2.10. The molecule has 1 unspecified atom stereocenters. The zero-order valence-electron chi connectivity index (χ0n) is 10.4. The summed E-state index contributed by atoms with van der Waals surface area (Å²) in [7, 11) is 0. The molecule has 1 aliphatic rings. The van der Waals surface area contributed by atoms with Crippen molar-refractivity contribution >= 4 is 33.4 Å². The lowest BCUT2D eigenvalue weighted by molar-refractivity contribution is -0.117. The van der Waals surface area contributed by atoms with E-state index in [1.54, 1.807) is 35.2 Å². The van der Waals surface area contributed by atoms with E-state index in [9.17, 15) is 9.59 Å². The van der Waals surface area contributed by atoms with Crippen molar-refractivity contribution in [1.29, 1.82) is 0 Å². The summed E-state index contributed by atoms with van der Waals surface area (Å²) < 4.78 is 0. The summed E-state index contributed by atoms with van der Waals surface area (Å²) in [5, 5.41) is 2.71. The van der Waals surface area contributed by atoms with Crippen molar-refractivity contribution in [2.45, 2.75) is 11.2 Å². The monoisotopic (exact) mass is 322 g/mol. The van der Waals surface area contributed by atoms with E-state index >= 15 is 0 Å². The van der Waals surface area contributed by atoms with Crippen LogP contribution in [0.5, 0.6) is 0 Å². The van der Waals surface area contributed by atoms with Crippen molar-refractivity contribution < 1.29 is 9.59 Å². The number of carbonyl (C=O) groups excluding carboxylic acids is 2. The van der Waals surface area contributed by atoms with Gasteiger partial charge in [0.1, 0.15) is 0 Å². The molecule has 1 N–H and O–H groups in total. The van der Waals surface area contributed by atoms with Gasteiger partial charge in [-0.15, -0.1) is 6.58 Å². The molecule has 19 heavy (non-hydrogen) atoms. The third kappa shape index (κ3) is 3.23. The van der Waals surface area contributed by atoms with Gasteiger partial charge in [0.05, 0.1) is 0 Å². The number of amides is 2. The standard InChI is InChI=1S/C14H15BrN2O2/c1-2-7-16-14(19)10-3-5-12(6-4-10)17-9-11(15)8-13(17)18/h2-6,11H,1,7-9H2,(H,16,19). The van der Waals surface area contributed by atoms with E-state index in [1.807, 2.05) is 0 Å². The van der Waals surface area contributed by atoms with Crippen molar-refractivity contribution in [2.24, 2.45) is 0 Å². The minimum atomic E-state index is -0.141. The summed E-state index contributed by atoms with van der Waals surface area (Å²) in [5.41, 5.74) is 1.40. The molecule has 1 saturated heterocycles. The Morgan fingerprint density at radius 1 is 1.47 bits per heavy atom. The smallest absolute Gasteiger partial charge is 0.251 e. The number of alkyl halides is 1. The van der Waals surface area contributed by atoms with Crippen LogP contribution in [0.15, 0.2) is 36.9 Å². The number of nitrogens with zero attached hydrogens (tertiary/aromatic N) is 1. The molecule has 5 heteroatoms. The molecule has 1 heterocycles. The van der Waals surface area contributed by atoms with Crippen LogP contribution in [-0.2, 0) is 4.79 Å². The van der Waals surface area contributed by atoms with Crippen LogP contribution >= 0.6 is 15.9 Å². The van der Waals surface area contributed by atoms with Crippen LogP contribution in [0.2, 0.25) is 0 Å². The van der Waals surface area contributed by atoms with Gasteiger partial charge in [-0.2, -0.15) is 0 Å². The minimum Gasteiger partial charge on any atom is -0.349 e. The maximum atomic E-state index is 11.8. The Morgan fingerprint density at radius 2 is 2.16 bits per heavy atom. The second kappa shape index (κ2) is 6.02. The number of hydrogen-bond acceptors (Lipinski definition) is 2. The van der Waals surface area contributed by atoms with Crippen molar-refractivity contribution in [3.8, 4) is 0 Å². The topological polar surface area (TPSA) is 49.4 Å². The summed E-state index contributed by atoms with van der Waals surface area (Å²) in [4.78, 5) is 25.4. The van der Waals surface area contributed by atoms with Gasteiger partial charge in [0.2, 0.25) is 5.91 Å². The molecule has 0 spiro atoms. The average Bonchev–Trinajstić information content (AvgIpc) is 2.75. The number of hydrogen-bond donors (Lipinski definition) is 1. The lowest BCUT2D eigenvalue weighted by atomic mass is 10.2. The molecule has 0 bridgehead atoms. The lowest BCUT2D eigenvalue weighted by Crippen LogP contribution is -2.25. The van der Waals surface area contributed by atoms with E-state index in [0.29, 0.717) is 25.1 Å². The van der Waals surface area contributed by atoms with Crippen LogP contribution in [0, 0.1) is 0 Å². The van der Waals surface area contributed by atoms with E-state index in [4.69, 9.17) is 0 Å². The fourth-order valence-corrected chi connectivity index (χ4v) is 2.54. The highest BCUT2D eigenvalue weighted by Crippen LogP contribution is 2.25. The molecule has 100 valence electrons. The molecule has 1 aliphatic heterocycles. The Kier molecular flexibility index (Phi) is 4.37. The second-order valence-electron chi connectivity index (χ2n) is 4.35. The predicted molar refractivity (Wildman–Crippen MR) is 78.7 cm³/mol. The van der Waals surface area contributed by atoms with Gasteiger partial charge >= 0.3 is 0 Å². The first kappa shape index (κ1) is 13.8. The molecular formula is C14H15BrN2O2. The Bertz CT molecular complexity index is 499. The van der Waals surface area contributed by atoms with Crippen molar-refractivity contribution in [3.05, 3.63) is 42.5 Å². The highest BCUT2D eigenvalue weighted by molar-refractivity contribution is 9.09. The van der Waals surface area contributed by atoms with Crippen molar-refractivity contribution in [3.63, 3.8) is 0 Å². The van der Waals surface area contributed by atoms with Gasteiger partial charge in [0.25, 0.3) is 5.91 Å². The van der Waals surface area contributed by atoms with E-state index < -0.39 is 0 Å². The lowest BCUT2D eigenvalue weighted by Gasteiger charge is -2.16. The number of benzene rings is 1. The molecule has 0 saturated carbocycles. The first-order valence-electron chi connectivity index (χ1n) is 6.05. The second-order valence-corrected chi connectivity index (χ2v) is 5.65. The molecule has 4 nitrogen and oxygen atoms in total. The third-order valence-corrected chi connectivity index (χ3v) is 3.54. The number of halogens is 1. The minimum absolute atomic E-state index is 0.103. The first-order valence-corrected chi connectivity index (χ1v) is 6.97. The summed E-state index contributed by atoms with van der Waals surface area (Å²) in [6.07, 6.45) is 2.15. The van der Waals surface area contributed by atoms with Crippen LogP contribution in [0.3, 0.4) is 0 Å². The summed E-state index contributed by atoms with van der Waals surface area (Å²) in [6, 6.07) is 7.04. The third-order valence-electron chi connectivity index (χ3n) is 2.93. The molecule has 1 aromatic rings. The molecular weight excluding hydrogens is 308 g/mol. The summed E-state index contributed by atoms with van der Waals surface area (Å²) in [5.74, 6) is -0.0386. The molecule has 0 aromatic heterocycles. The van der Waals surface area contributed by atoms with Gasteiger partial charge < -0.3 is 10.2 Å². The van der Waals surface area contributed by atoms with Crippen molar-refractivity contribution in [1.82, 2.24) is 5.32 Å². The largest absolute Gasteiger partial charge is 0.349 e. The highest BCUT2D eigenvalue weighted by Gasteiger charge is 2.28. The number of nitrogens with one attached hydrogen (secondary N) is 1. The van der Waals surface area contributed by atoms with E-state index in [0.717, 1.165) is 5.69 Å². The zero-order chi connectivity index (χ0) is 13.8. The molecule has 0 aliphatic carbocycles. The molecule has 0 radical (unpaired) electrons. The molecule has 2 amide bonds. The van der Waals surface area contributed by atoms with Gasteiger partial charge in [-0.05, 0) is 24.3 Å².